The molecule has 0 aliphatic rings. The van der Waals surface area contributed by atoms with Crippen molar-refractivity contribution in [2.75, 3.05) is 0 Å². The van der Waals surface area contributed by atoms with Gasteiger partial charge in [0.05, 0.1) is 0 Å². The molecular formula is C48H28O2. The molecule has 0 spiro atoms. The van der Waals surface area contributed by atoms with Crippen LogP contribution in [0, 0.1) is 0 Å². The lowest BCUT2D eigenvalue weighted by molar-refractivity contribution is 0.669. The smallest absolute Gasteiger partial charge is 0.136 e. The molecule has 0 saturated heterocycles. The van der Waals surface area contributed by atoms with Crippen LogP contribution in [0.5, 0.6) is 0 Å². The third-order valence-electron chi connectivity index (χ3n) is 10.4. The summed E-state index contributed by atoms with van der Waals surface area (Å²) in [4.78, 5) is 0. The lowest BCUT2D eigenvalue weighted by Gasteiger charge is -2.18. The van der Waals surface area contributed by atoms with Crippen LogP contribution in [0.15, 0.2) is 179 Å². The summed E-state index contributed by atoms with van der Waals surface area (Å²) in [6, 6.07) is 61.0. The van der Waals surface area contributed by atoms with Crippen molar-refractivity contribution in [1.29, 1.82) is 0 Å². The fourth-order valence-corrected chi connectivity index (χ4v) is 8.21. The first-order chi connectivity index (χ1) is 24.8. The highest BCUT2D eigenvalue weighted by molar-refractivity contribution is 6.26. The van der Waals surface area contributed by atoms with Gasteiger partial charge >= 0.3 is 0 Å². The second-order valence-electron chi connectivity index (χ2n) is 13.2. The zero-order chi connectivity index (χ0) is 32.8. The Morgan fingerprint density at radius 3 is 1.62 bits per heavy atom. The highest BCUT2D eigenvalue weighted by atomic mass is 16.3. The quantitative estimate of drug-likeness (QED) is 0.180. The molecule has 9 aromatic carbocycles. The third kappa shape index (κ3) is 3.96. The average Bonchev–Trinajstić information content (AvgIpc) is 3.73. The van der Waals surface area contributed by atoms with Crippen molar-refractivity contribution < 1.29 is 8.83 Å². The second-order valence-corrected chi connectivity index (χ2v) is 13.2. The lowest BCUT2D eigenvalue weighted by atomic mass is 9.84. The summed E-state index contributed by atoms with van der Waals surface area (Å²) in [5.74, 6) is 0. The van der Waals surface area contributed by atoms with Crippen LogP contribution >= 0.6 is 0 Å². The third-order valence-corrected chi connectivity index (χ3v) is 10.4. The molecule has 0 fully saturated rings. The Morgan fingerprint density at radius 1 is 0.280 bits per heavy atom. The zero-order valence-corrected chi connectivity index (χ0v) is 27.0. The summed E-state index contributed by atoms with van der Waals surface area (Å²) in [5.41, 5.74) is 10.8. The van der Waals surface area contributed by atoms with Crippen molar-refractivity contribution in [3.05, 3.63) is 170 Å². The maximum absolute atomic E-state index is 6.53. The molecule has 11 aromatic rings. The van der Waals surface area contributed by atoms with Gasteiger partial charge in [-0.05, 0) is 108 Å². The minimum atomic E-state index is 0.903. The van der Waals surface area contributed by atoms with Gasteiger partial charge in [-0.3, -0.25) is 0 Å². The molecule has 0 aliphatic carbocycles. The van der Waals surface area contributed by atoms with Gasteiger partial charge in [0.2, 0.25) is 0 Å². The number of hydrogen-bond donors (Lipinski definition) is 0. The number of rotatable bonds is 3. The van der Waals surface area contributed by atoms with Gasteiger partial charge in [-0.2, -0.15) is 0 Å². The number of hydrogen-bond acceptors (Lipinski definition) is 2. The zero-order valence-electron chi connectivity index (χ0n) is 27.0. The summed E-state index contributed by atoms with van der Waals surface area (Å²) in [6.07, 6.45) is 0. The van der Waals surface area contributed by atoms with Crippen LogP contribution in [-0.2, 0) is 0 Å². The molecule has 232 valence electrons. The summed E-state index contributed by atoms with van der Waals surface area (Å²) < 4.78 is 12.7. The molecule has 2 nitrogen and oxygen atoms in total. The molecule has 2 heterocycles. The van der Waals surface area contributed by atoms with E-state index in [0.29, 0.717) is 0 Å². The van der Waals surface area contributed by atoms with E-state index in [1.54, 1.807) is 0 Å². The van der Waals surface area contributed by atoms with E-state index in [9.17, 15) is 0 Å². The van der Waals surface area contributed by atoms with Gasteiger partial charge in [0.1, 0.15) is 22.3 Å². The summed E-state index contributed by atoms with van der Waals surface area (Å²) in [5, 5.41) is 11.9. The lowest BCUT2D eigenvalue weighted by Crippen LogP contribution is -1.91. The van der Waals surface area contributed by atoms with E-state index >= 15 is 0 Å². The fourth-order valence-electron chi connectivity index (χ4n) is 8.21. The first-order valence-electron chi connectivity index (χ1n) is 17.1. The Balaban J connectivity index is 1.17. The Bertz CT molecular complexity index is 3100. The van der Waals surface area contributed by atoms with E-state index < -0.39 is 0 Å². The van der Waals surface area contributed by atoms with Gasteiger partial charge in [0.25, 0.3) is 0 Å². The van der Waals surface area contributed by atoms with Crippen molar-refractivity contribution in [2.45, 2.75) is 0 Å². The van der Waals surface area contributed by atoms with Crippen molar-refractivity contribution in [2.24, 2.45) is 0 Å². The van der Waals surface area contributed by atoms with Crippen molar-refractivity contribution in [1.82, 2.24) is 0 Å². The van der Waals surface area contributed by atoms with Gasteiger partial charge in [-0.1, -0.05) is 127 Å². The maximum Gasteiger partial charge on any atom is 0.136 e. The van der Waals surface area contributed by atoms with E-state index in [1.165, 1.54) is 65.7 Å². The molecule has 11 rings (SSSR count). The van der Waals surface area contributed by atoms with Gasteiger partial charge in [0, 0.05) is 21.5 Å². The highest BCUT2D eigenvalue weighted by Crippen LogP contribution is 2.47. The predicted octanol–water partition coefficient (Wildman–Crippen LogP) is 13.9. The molecule has 0 amide bonds. The molecule has 0 radical (unpaired) electrons. The Labute approximate surface area is 287 Å². The van der Waals surface area contributed by atoms with Gasteiger partial charge in [-0.15, -0.1) is 0 Å². The number of fused-ring (bicyclic) bond motifs is 9. The number of para-hydroxylation sites is 1. The van der Waals surface area contributed by atoms with Gasteiger partial charge < -0.3 is 8.83 Å². The average molecular weight is 637 g/mol. The van der Waals surface area contributed by atoms with Crippen LogP contribution in [0.2, 0.25) is 0 Å². The minimum absolute atomic E-state index is 0.903. The first-order valence-corrected chi connectivity index (χ1v) is 17.1. The first kappa shape index (κ1) is 27.3. The number of furan rings is 2. The van der Waals surface area contributed by atoms with Gasteiger partial charge in [0.15, 0.2) is 0 Å². The highest BCUT2D eigenvalue weighted by Gasteiger charge is 2.21. The van der Waals surface area contributed by atoms with Crippen molar-refractivity contribution in [3.8, 4) is 33.4 Å². The SMILES string of the molecule is c1cc(-c2ccc3oc4ccccc4c3c2)cc(-c2c3ccccc3c(-c3cccc4oc5cc6ccccc6cc5c34)c3ccccc23)c1. The molecule has 0 atom stereocenters. The molecule has 0 N–H and O–H groups in total. The van der Waals surface area contributed by atoms with Crippen LogP contribution < -0.4 is 0 Å². The Morgan fingerprint density at radius 2 is 0.840 bits per heavy atom. The van der Waals surface area contributed by atoms with Crippen molar-refractivity contribution in [3.63, 3.8) is 0 Å². The monoisotopic (exact) mass is 636 g/mol. The van der Waals surface area contributed by atoms with Crippen LogP contribution in [0.4, 0.5) is 0 Å². The van der Waals surface area contributed by atoms with Crippen LogP contribution in [0.1, 0.15) is 0 Å². The van der Waals surface area contributed by atoms with E-state index in [-0.39, 0.29) is 0 Å². The number of benzene rings is 9. The summed E-state index contributed by atoms with van der Waals surface area (Å²) >= 11 is 0. The predicted molar refractivity (Wildman–Crippen MR) is 210 cm³/mol. The van der Waals surface area contributed by atoms with Crippen LogP contribution in [-0.4, -0.2) is 0 Å². The molecular weight excluding hydrogens is 609 g/mol. The normalized spacial score (nSPS) is 12.0. The van der Waals surface area contributed by atoms with Crippen LogP contribution in [0.3, 0.4) is 0 Å². The summed E-state index contributed by atoms with van der Waals surface area (Å²) in [6.45, 7) is 0. The molecule has 0 aliphatic heterocycles. The van der Waals surface area contributed by atoms with Crippen LogP contribution in [0.25, 0.3) is 110 Å². The standard InChI is InChI=1S/C48H28O2/c1-2-12-31-28-45-41(27-30(31)11-1)48-39(20-10-22-44(48)50-45)47-37-18-5-3-16-35(37)46(36-17-4-6-19-38(36)47)33-14-9-13-29(25-33)32-23-24-43-40(26-32)34-15-7-8-21-42(34)49-43/h1-28H. The molecule has 0 bridgehead atoms. The molecule has 2 heteroatoms. The van der Waals surface area contributed by atoms with E-state index in [2.05, 4.69) is 158 Å². The molecule has 0 unspecified atom stereocenters. The van der Waals surface area contributed by atoms with Gasteiger partial charge in [-0.25, -0.2) is 0 Å². The largest absolute Gasteiger partial charge is 0.456 e. The Hall–Kier alpha value is -6.64. The second kappa shape index (κ2) is 10.4. The van der Waals surface area contributed by atoms with Crippen molar-refractivity contribution >= 4 is 76.2 Å². The Kier molecular flexibility index (Phi) is 5.70. The minimum Gasteiger partial charge on any atom is -0.456 e. The summed E-state index contributed by atoms with van der Waals surface area (Å²) in [7, 11) is 0. The van der Waals surface area contributed by atoms with E-state index in [0.717, 1.165) is 43.9 Å². The topological polar surface area (TPSA) is 26.3 Å². The molecule has 2 aromatic heterocycles. The molecule has 0 saturated carbocycles. The van der Waals surface area contributed by atoms with E-state index in [4.69, 9.17) is 8.83 Å². The molecule has 50 heavy (non-hydrogen) atoms. The fraction of sp³-hybridized carbons (Fsp3) is 0. The maximum atomic E-state index is 6.53. The van der Waals surface area contributed by atoms with E-state index in [1.807, 2.05) is 12.1 Å².